The number of rotatable bonds is 6. The molecule has 2 amide bonds. The van der Waals surface area contributed by atoms with E-state index in [2.05, 4.69) is 5.32 Å². The summed E-state index contributed by atoms with van der Waals surface area (Å²) in [6.45, 7) is 1.80. The van der Waals surface area contributed by atoms with Crippen LogP contribution >= 0.6 is 0 Å². The number of amides is 2. The minimum Gasteiger partial charge on any atom is -0.481 e. The highest BCUT2D eigenvalue weighted by molar-refractivity contribution is 5.85. The zero-order valence-corrected chi connectivity index (χ0v) is 13.4. The van der Waals surface area contributed by atoms with Gasteiger partial charge in [-0.2, -0.15) is 0 Å². The van der Waals surface area contributed by atoms with Crippen LogP contribution in [-0.2, 0) is 14.3 Å². The molecule has 3 rings (SSSR count). The van der Waals surface area contributed by atoms with Gasteiger partial charge >= 0.3 is 0 Å². The maximum atomic E-state index is 13.4. The molecule has 1 N–H and O–H groups in total. The number of hydrogen-bond donors (Lipinski definition) is 1. The van der Waals surface area contributed by atoms with Gasteiger partial charge in [-0.05, 0) is 25.0 Å². The summed E-state index contributed by atoms with van der Waals surface area (Å²) < 4.78 is 24.0. The van der Waals surface area contributed by atoms with E-state index in [0.717, 1.165) is 19.4 Å². The smallest absolute Gasteiger partial charge is 0.260 e. The predicted octanol–water partition coefficient (Wildman–Crippen LogP) is 0.958. The van der Waals surface area contributed by atoms with Gasteiger partial charge in [-0.15, -0.1) is 0 Å². The van der Waals surface area contributed by atoms with Gasteiger partial charge < -0.3 is 19.7 Å². The van der Waals surface area contributed by atoms with Crippen molar-refractivity contribution < 1.29 is 23.5 Å². The number of halogens is 1. The molecule has 24 heavy (non-hydrogen) atoms. The van der Waals surface area contributed by atoms with E-state index in [9.17, 15) is 14.0 Å². The zero-order valence-electron chi connectivity index (χ0n) is 13.4. The van der Waals surface area contributed by atoms with Crippen LogP contribution in [0.2, 0.25) is 0 Å². The molecule has 1 unspecified atom stereocenters. The van der Waals surface area contributed by atoms with E-state index in [1.807, 2.05) is 0 Å². The minimum absolute atomic E-state index is 0.0513. The Kier molecular flexibility index (Phi) is 5.30. The first-order valence-electron chi connectivity index (χ1n) is 8.18. The van der Waals surface area contributed by atoms with Gasteiger partial charge in [-0.3, -0.25) is 9.59 Å². The van der Waals surface area contributed by atoms with Crippen molar-refractivity contribution in [2.75, 3.05) is 32.8 Å². The lowest BCUT2D eigenvalue weighted by Gasteiger charge is -2.38. The Morgan fingerprint density at radius 2 is 2.12 bits per heavy atom. The van der Waals surface area contributed by atoms with Crippen molar-refractivity contribution in [3.8, 4) is 5.75 Å². The van der Waals surface area contributed by atoms with Crippen LogP contribution in [0.5, 0.6) is 5.75 Å². The lowest BCUT2D eigenvalue weighted by atomic mass is 9.99. The van der Waals surface area contributed by atoms with E-state index in [1.54, 1.807) is 12.1 Å². The molecule has 130 valence electrons. The Bertz CT molecular complexity index is 598. The first-order valence-corrected chi connectivity index (χ1v) is 8.18. The molecule has 2 fully saturated rings. The molecule has 0 spiro atoms. The second-order valence-electron chi connectivity index (χ2n) is 6.09. The van der Waals surface area contributed by atoms with Gasteiger partial charge in [-0.25, -0.2) is 4.39 Å². The predicted molar refractivity (Wildman–Crippen MR) is 83.9 cm³/mol. The number of para-hydroxylation sites is 1. The largest absolute Gasteiger partial charge is 0.481 e. The molecule has 1 aromatic rings. The van der Waals surface area contributed by atoms with Crippen molar-refractivity contribution in [3.05, 3.63) is 30.1 Å². The fourth-order valence-corrected chi connectivity index (χ4v) is 2.80. The van der Waals surface area contributed by atoms with Crippen LogP contribution in [0.3, 0.4) is 0 Å². The molecule has 1 aromatic carbocycles. The number of ether oxygens (including phenoxy) is 2. The Balaban J connectivity index is 1.35. The monoisotopic (exact) mass is 336 g/mol. The number of carbonyl (C=O) groups excluding carboxylic acids is 2. The van der Waals surface area contributed by atoms with E-state index >= 15 is 0 Å². The summed E-state index contributed by atoms with van der Waals surface area (Å²) in [7, 11) is 0. The summed E-state index contributed by atoms with van der Waals surface area (Å²) in [6.07, 6.45) is 2.12. The van der Waals surface area contributed by atoms with Crippen LogP contribution in [0.1, 0.15) is 12.8 Å². The number of likely N-dealkylation sites (tertiary alicyclic amines) is 1. The highest BCUT2D eigenvalue weighted by atomic mass is 19.1. The number of carbonyl (C=O) groups is 2. The Hall–Kier alpha value is -2.15. The quantitative estimate of drug-likeness (QED) is 0.840. The average molecular weight is 336 g/mol. The summed E-state index contributed by atoms with van der Waals surface area (Å²) in [5, 5.41) is 2.87. The van der Waals surface area contributed by atoms with Crippen LogP contribution < -0.4 is 10.1 Å². The van der Waals surface area contributed by atoms with Crippen molar-refractivity contribution in [1.82, 2.24) is 10.2 Å². The molecule has 0 aromatic heterocycles. The molecule has 1 atom stereocenters. The fourth-order valence-electron chi connectivity index (χ4n) is 2.80. The first-order chi connectivity index (χ1) is 11.6. The zero-order chi connectivity index (χ0) is 16.9. The minimum atomic E-state index is -0.500. The molecule has 2 heterocycles. The van der Waals surface area contributed by atoms with Gasteiger partial charge in [0, 0.05) is 26.2 Å². The van der Waals surface area contributed by atoms with Crippen LogP contribution in [-0.4, -0.2) is 55.7 Å². The van der Waals surface area contributed by atoms with Crippen LogP contribution in [0.15, 0.2) is 24.3 Å². The van der Waals surface area contributed by atoms with Crippen LogP contribution in [0.4, 0.5) is 4.39 Å². The molecule has 2 aliphatic heterocycles. The van der Waals surface area contributed by atoms with Gasteiger partial charge in [0.1, 0.15) is 0 Å². The average Bonchev–Trinajstić information content (AvgIpc) is 3.04. The van der Waals surface area contributed by atoms with Gasteiger partial charge in [-0.1, -0.05) is 12.1 Å². The highest BCUT2D eigenvalue weighted by Gasteiger charge is 2.36. The highest BCUT2D eigenvalue weighted by Crippen LogP contribution is 2.19. The summed E-state index contributed by atoms with van der Waals surface area (Å²) in [5.74, 6) is -0.938. The molecule has 2 saturated heterocycles. The lowest BCUT2D eigenvalue weighted by molar-refractivity contribution is -0.144. The summed E-state index contributed by atoms with van der Waals surface area (Å²) in [4.78, 5) is 25.5. The molecule has 0 radical (unpaired) electrons. The van der Waals surface area contributed by atoms with Crippen molar-refractivity contribution >= 4 is 11.8 Å². The normalized spacial score (nSPS) is 20.5. The van der Waals surface area contributed by atoms with Gasteiger partial charge in [0.05, 0.1) is 12.0 Å². The second kappa shape index (κ2) is 7.61. The maximum absolute atomic E-state index is 13.4. The fraction of sp³-hybridized carbons (Fsp3) is 0.529. The van der Waals surface area contributed by atoms with Crippen LogP contribution in [0, 0.1) is 11.7 Å². The van der Waals surface area contributed by atoms with Crippen LogP contribution in [0.25, 0.3) is 0 Å². The molecular formula is C17H21FN2O4. The van der Waals surface area contributed by atoms with Gasteiger partial charge in [0.2, 0.25) is 5.91 Å². The Morgan fingerprint density at radius 1 is 1.33 bits per heavy atom. The SMILES string of the molecule is O=C(NCC1CCCO1)C1CN(C(=O)COc2ccccc2F)C1. The van der Waals surface area contributed by atoms with Crippen molar-refractivity contribution in [3.63, 3.8) is 0 Å². The summed E-state index contributed by atoms with van der Waals surface area (Å²) in [6, 6.07) is 5.94. The third-order valence-electron chi connectivity index (χ3n) is 4.32. The molecule has 0 saturated carbocycles. The van der Waals surface area contributed by atoms with E-state index in [4.69, 9.17) is 9.47 Å². The van der Waals surface area contributed by atoms with Gasteiger partial charge in [0.25, 0.3) is 5.91 Å². The van der Waals surface area contributed by atoms with Gasteiger partial charge in [0.15, 0.2) is 18.2 Å². The standard InChI is InChI=1S/C17H21FN2O4/c18-14-5-1-2-6-15(14)24-11-16(21)20-9-12(10-20)17(22)19-8-13-4-3-7-23-13/h1-2,5-6,12-13H,3-4,7-11H2,(H,19,22). The Labute approximate surface area is 139 Å². The lowest BCUT2D eigenvalue weighted by Crippen LogP contribution is -2.57. The number of benzene rings is 1. The topological polar surface area (TPSA) is 67.9 Å². The molecule has 2 aliphatic rings. The number of hydrogen-bond acceptors (Lipinski definition) is 4. The summed E-state index contributed by atoms with van der Waals surface area (Å²) in [5.41, 5.74) is 0. The third kappa shape index (κ3) is 4.03. The second-order valence-corrected chi connectivity index (χ2v) is 6.09. The van der Waals surface area contributed by atoms with E-state index < -0.39 is 5.82 Å². The third-order valence-corrected chi connectivity index (χ3v) is 4.32. The molecule has 0 aliphatic carbocycles. The maximum Gasteiger partial charge on any atom is 0.260 e. The molecular weight excluding hydrogens is 315 g/mol. The Morgan fingerprint density at radius 3 is 2.83 bits per heavy atom. The van der Waals surface area contributed by atoms with E-state index in [1.165, 1.54) is 17.0 Å². The molecule has 6 nitrogen and oxygen atoms in total. The van der Waals surface area contributed by atoms with Crippen molar-refractivity contribution in [1.29, 1.82) is 0 Å². The first kappa shape index (κ1) is 16.7. The van der Waals surface area contributed by atoms with E-state index in [-0.39, 0.29) is 36.2 Å². The van der Waals surface area contributed by atoms with Crippen molar-refractivity contribution in [2.45, 2.75) is 18.9 Å². The number of nitrogens with zero attached hydrogens (tertiary/aromatic N) is 1. The summed E-state index contributed by atoms with van der Waals surface area (Å²) >= 11 is 0. The van der Waals surface area contributed by atoms with Crippen molar-refractivity contribution in [2.24, 2.45) is 5.92 Å². The van der Waals surface area contributed by atoms with E-state index in [0.29, 0.717) is 19.6 Å². The number of nitrogens with one attached hydrogen (secondary N) is 1. The molecule has 0 bridgehead atoms. The molecule has 7 heteroatoms.